The molecule has 0 aliphatic rings. The van der Waals surface area contributed by atoms with Crippen LogP contribution in [0.15, 0.2) is 6.20 Å². The van der Waals surface area contributed by atoms with Crippen molar-refractivity contribution in [1.82, 2.24) is 4.98 Å². The van der Waals surface area contributed by atoms with E-state index < -0.39 is 17.5 Å². The summed E-state index contributed by atoms with van der Waals surface area (Å²) in [6.45, 7) is 5.24. The summed E-state index contributed by atoms with van der Waals surface area (Å²) in [5.74, 6) is -0.661. The van der Waals surface area contributed by atoms with Crippen molar-refractivity contribution in [3.8, 4) is 0 Å². The van der Waals surface area contributed by atoms with Crippen molar-refractivity contribution < 1.29 is 13.9 Å². The second-order valence-corrected chi connectivity index (χ2v) is 6.37. The first-order chi connectivity index (χ1) is 8.13. The summed E-state index contributed by atoms with van der Waals surface area (Å²) in [6, 6.07) is 0. The van der Waals surface area contributed by atoms with E-state index in [4.69, 9.17) is 16.3 Å². The summed E-state index contributed by atoms with van der Waals surface area (Å²) in [4.78, 5) is 15.5. The van der Waals surface area contributed by atoms with Crippen LogP contribution in [0, 0.1) is 9.39 Å². The van der Waals surface area contributed by atoms with Crippen LogP contribution in [0.3, 0.4) is 0 Å². The SMILES string of the molecule is CC(C)(C)OC(=O)N(P)c1cnc(Cl)c(F)c1I. The van der Waals surface area contributed by atoms with Gasteiger partial charge in [-0.05, 0) is 52.8 Å². The standard InChI is InChI=1S/C10H12ClFIN2O2P/c1-10(2,3)17-9(16)15(18)5-4-14-8(11)6(12)7(5)13/h4H,18H2,1-3H3. The molecule has 0 radical (unpaired) electrons. The second kappa shape index (κ2) is 5.84. The zero-order valence-corrected chi connectivity index (χ0v) is 14.1. The van der Waals surface area contributed by atoms with Crippen LogP contribution in [-0.2, 0) is 4.74 Å². The van der Waals surface area contributed by atoms with E-state index in [-0.39, 0.29) is 14.4 Å². The summed E-state index contributed by atoms with van der Waals surface area (Å²) in [5, 5.41) is -0.231. The number of ether oxygens (including phenoxy) is 1. The molecule has 100 valence electrons. The maximum absolute atomic E-state index is 13.6. The van der Waals surface area contributed by atoms with Crippen LogP contribution in [-0.4, -0.2) is 16.7 Å². The van der Waals surface area contributed by atoms with Crippen LogP contribution < -0.4 is 4.67 Å². The number of amides is 1. The van der Waals surface area contributed by atoms with Crippen LogP contribution in [0.1, 0.15) is 20.8 Å². The van der Waals surface area contributed by atoms with Crippen LogP contribution in [0.2, 0.25) is 5.15 Å². The van der Waals surface area contributed by atoms with E-state index in [0.29, 0.717) is 0 Å². The Morgan fingerprint density at radius 3 is 2.67 bits per heavy atom. The number of pyridine rings is 1. The van der Waals surface area contributed by atoms with Crippen molar-refractivity contribution >= 4 is 55.4 Å². The fourth-order valence-corrected chi connectivity index (χ4v) is 2.48. The van der Waals surface area contributed by atoms with Crippen LogP contribution >= 0.6 is 43.6 Å². The van der Waals surface area contributed by atoms with Gasteiger partial charge in [-0.2, -0.15) is 0 Å². The van der Waals surface area contributed by atoms with E-state index in [2.05, 4.69) is 14.4 Å². The van der Waals surface area contributed by atoms with Crippen LogP contribution in [0.25, 0.3) is 0 Å². The quantitative estimate of drug-likeness (QED) is 0.403. The van der Waals surface area contributed by atoms with Gasteiger partial charge in [0.2, 0.25) is 0 Å². The van der Waals surface area contributed by atoms with Gasteiger partial charge in [-0.1, -0.05) is 11.6 Å². The van der Waals surface area contributed by atoms with Crippen molar-refractivity contribution in [1.29, 1.82) is 0 Å². The molecule has 0 spiro atoms. The molecule has 1 amide bonds. The molecule has 8 heteroatoms. The van der Waals surface area contributed by atoms with Gasteiger partial charge in [-0.3, -0.25) is 4.67 Å². The Kier molecular flexibility index (Phi) is 5.14. The highest BCUT2D eigenvalue weighted by atomic mass is 127. The molecule has 1 rings (SSSR count). The Morgan fingerprint density at radius 2 is 2.17 bits per heavy atom. The van der Waals surface area contributed by atoms with Crippen molar-refractivity contribution in [2.24, 2.45) is 0 Å². The first-order valence-corrected chi connectivity index (χ1v) is 6.88. The first kappa shape index (κ1) is 15.9. The number of carbonyl (C=O) groups is 1. The number of rotatable bonds is 1. The van der Waals surface area contributed by atoms with Gasteiger partial charge < -0.3 is 4.74 Å². The van der Waals surface area contributed by atoms with E-state index in [9.17, 15) is 9.18 Å². The lowest BCUT2D eigenvalue weighted by Gasteiger charge is -2.24. The highest BCUT2D eigenvalue weighted by Crippen LogP contribution is 2.30. The Labute approximate surface area is 126 Å². The molecule has 1 aromatic heterocycles. The lowest BCUT2D eigenvalue weighted by atomic mass is 10.2. The molecule has 0 aliphatic carbocycles. The third-order valence-corrected chi connectivity index (χ3v) is 3.53. The molecule has 0 aliphatic heterocycles. The average molecular weight is 405 g/mol. The third kappa shape index (κ3) is 3.90. The lowest BCUT2D eigenvalue weighted by Crippen LogP contribution is -2.31. The maximum atomic E-state index is 13.6. The summed E-state index contributed by atoms with van der Waals surface area (Å²) >= 11 is 7.30. The Morgan fingerprint density at radius 1 is 1.61 bits per heavy atom. The topological polar surface area (TPSA) is 42.4 Å². The minimum atomic E-state index is -0.661. The van der Waals surface area contributed by atoms with E-state index in [1.807, 2.05) is 0 Å². The van der Waals surface area contributed by atoms with Crippen LogP contribution in [0.5, 0.6) is 0 Å². The lowest BCUT2D eigenvalue weighted by molar-refractivity contribution is 0.0611. The van der Waals surface area contributed by atoms with E-state index in [0.717, 1.165) is 4.67 Å². The third-order valence-electron chi connectivity index (χ3n) is 1.75. The molecular weight excluding hydrogens is 392 g/mol. The van der Waals surface area contributed by atoms with Gasteiger partial charge in [0.1, 0.15) is 5.60 Å². The highest BCUT2D eigenvalue weighted by Gasteiger charge is 2.24. The van der Waals surface area contributed by atoms with E-state index in [1.54, 1.807) is 43.4 Å². The van der Waals surface area contributed by atoms with Gasteiger partial charge in [0.15, 0.2) is 11.0 Å². The number of aromatic nitrogens is 1. The zero-order valence-electron chi connectivity index (χ0n) is 10.00. The predicted octanol–water partition coefficient (Wildman–Crippen LogP) is 4.01. The molecule has 0 fully saturated rings. The fourth-order valence-electron chi connectivity index (χ4n) is 1.01. The Bertz CT molecular complexity index is 482. The van der Waals surface area contributed by atoms with Crippen molar-refractivity contribution in [3.05, 3.63) is 20.7 Å². The number of halogens is 3. The molecule has 4 nitrogen and oxygen atoms in total. The van der Waals surface area contributed by atoms with E-state index in [1.165, 1.54) is 6.20 Å². The molecule has 0 saturated heterocycles. The zero-order chi connectivity index (χ0) is 14.1. The van der Waals surface area contributed by atoms with Crippen molar-refractivity contribution in [3.63, 3.8) is 0 Å². The molecule has 1 unspecified atom stereocenters. The monoisotopic (exact) mass is 404 g/mol. The molecule has 1 aromatic rings. The normalized spacial score (nSPS) is 11.3. The highest BCUT2D eigenvalue weighted by molar-refractivity contribution is 14.1. The Balaban J connectivity index is 3.01. The number of nitrogens with zero attached hydrogens (tertiary/aromatic N) is 2. The van der Waals surface area contributed by atoms with Crippen molar-refractivity contribution in [2.45, 2.75) is 26.4 Å². The van der Waals surface area contributed by atoms with Gasteiger partial charge in [0, 0.05) is 0 Å². The fraction of sp³-hybridized carbons (Fsp3) is 0.400. The number of hydrogen-bond donors (Lipinski definition) is 0. The molecule has 1 heterocycles. The van der Waals surface area contributed by atoms with Gasteiger partial charge in [-0.15, -0.1) is 0 Å². The molecule has 0 bridgehead atoms. The summed E-state index contributed by atoms with van der Waals surface area (Å²) < 4.78 is 20.0. The molecule has 1 atom stereocenters. The van der Waals surface area contributed by atoms with Crippen molar-refractivity contribution in [2.75, 3.05) is 4.67 Å². The smallest absolute Gasteiger partial charge is 0.417 e. The summed E-state index contributed by atoms with van der Waals surface area (Å²) in [6.07, 6.45) is 0.693. The first-order valence-electron chi connectivity index (χ1n) is 4.91. The minimum Gasteiger partial charge on any atom is -0.443 e. The average Bonchev–Trinajstić information content (AvgIpc) is 2.23. The number of anilines is 1. The van der Waals surface area contributed by atoms with Gasteiger partial charge >= 0.3 is 6.09 Å². The molecular formula is C10H12ClFIN2O2P. The van der Waals surface area contributed by atoms with Gasteiger partial charge in [-0.25, -0.2) is 14.2 Å². The number of hydrogen-bond acceptors (Lipinski definition) is 3. The van der Waals surface area contributed by atoms with Crippen LogP contribution in [0.4, 0.5) is 14.9 Å². The molecule has 0 N–H and O–H groups in total. The summed E-state index contributed by atoms with van der Waals surface area (Å²) in [5.41, 5.74) is -0.354. The minimum absolute atomic E-state index is 0.202. The van der Waals surface area contributed by atoms with Gasteiger partial charge in [0.25, 0.3) is 0 Å². The van der Waals surface area contributed by atoms with E-state index >= 15 is 0 Å². The van der Waals surface area contributed by atoms with Gasteiger partial charge in [0.05, 0.1) is 15.5 Å². The Hall–Kier alpha value is -0.200. The molecule has 0 saturated carbocycles. The summed E-state index contributed by atoms with van der Waals surface area (Å²) in [7, 11) is 2.17. The maximum Gasteiger partial charge on any atom is 0.417 e. The molecule has 0 aromatic carbocycles. The molecule has 18 heavy (non-hydrogen) atoms. The largest absolute Gasteiger partial charge is 0.443 e. The predicted molar refractivity (Wildman–Crippen MR) is 80.3 cm³/mol. The second-order valence-electron chi connectivity index (χ2n) is 4.41. The number of carbonyl (C=O) groups excluding carboxylic acids is 1.